The zero-order valence-corrected chi connectivity index (χ0v) is 15.4. The van der Waals surface area contributed by atoms with E-state index >= 15 is 0 Å². The summed E-state index contributed by atoms with van der Waals surface area (Å²) in [5.41, 5.74) is 3.19. The van der Waals surface area contributed by atoms with Crippen LogP contribution in [0, 0.1) is 0 Å². The first kappa shape index (κ1) is 17.8. The van der Waals surface area contributed by atoms with Crippen LogP contribution >= 0.6 is 0 Å². The summed E-state index contributed by atoms with van der Waals surface area (Å²) in [6.45, 7) is 2.83. The van der Waals surface area contributed by atoms with Crippen molar-refractivity contribution in [2.45, 2.75) is 19.9 Å². The van der Waals surface area contributed by atoms with Crippen LogP contribution in [0.25, 0.3) is 0 Å². The molecule has 2 aromatic carbocycles. The van der Waals surface area contributed by atoms with E-state index < -0.39 is 0 Å². The van der Waals surface area contributed by atoms with E-state index in [1.807, 2.05) is 49.4 Å². The lowest BCUT2D eigenvalue weighted by atomic mass is 10.1. The first-order chi connectivity index (χ1) is 13.7. The third kappa shape index (κ3) is 3.88. The number of carbonyl (C=O) groups excluding carboxylic acids is 1. The molecule has 4 rings (SSSR count). The number of aryl methyl sites for hydroxylation is 1. The molecule has 0 fully saturated rings. The van der Waals surface area contributed by atoms with Crippen molar-refractivity contribution in [3.05, 3.63) is 71.7 Å². The fourth-order valence-electron chi connectivity index (χ4n) is 2.96. The molecule has 1 aromatic heterocycles. The molecule has 0 unspecified atom stereocenters. The summed E-state index contributed by atoms with van der Waals surface area (Å²) in [6.07, 6.45) is 2.21. The molecule has 0 saturated heterocycles. The topological polar surface area (TPSA) is 85.4 Å². The summed E-state index contributed by atoms with van der Waals surface area (Å²) in [4.78, 5) is 20.9. The fraction of sp³-hybridized carbons (Fsp3) is 0.190. The zero-order valence-electron chi connectivity index (χ0n) is 15.4. The lowest BCUT2D eigenvalue weighted by molar-refractivity contribution is 0.102. The second-order valence-electron chi connectivity index (χ2n) is 6.29. The van der Waals surface area contributed by atoms with Crippen LogP contribution in [0.2, 0.25) is 0 Å². The van der Waals surface area contributed by atoms with E-state index in [1.54, 1.807) is 6.07 Å². The van der Waals surface area contributed by atoms with Crippen LogP contribution in [0.5, 0.6) is 11.5 Å². The minimum atomic E-state index is -0.269. The third-order valence-electron chi connectivity index (χ3n) is 4.46. The molecule has 2 heterocycles. The molecule has 0 saturated carbocycles. The molecule has 2 N–H and O–H groups in total. The van der Waals surface area contributed by atoms with Crippen molar-refractivity contribution in [1.29, 1.82) is 0 Å². The second-order valence-corrected chi connectivity index (χ2v) is 6.29. The minimum Gasteiger partial charge on any atom is -0.454 e. The first-order valence-electron chi connectivity index (χ1n) is 9.06. The summed E-state index contributed by atoms with van der Waals surface area (Å²) in [5.74, 6) is 1.78. The summed E-state index contributed by atoms with van der Waals surface area (Å²) < 4.78 is 10.7. The van der Waals surface area contributed by atoms with Crippen molar-refractivity contribution in [3.8, 4) is 11.5 Å². The van der Waals surface area contributed by atoms with Gasteiger partial charge in [-0.1, -0.05) is 31.2 Å². The molecular formula is C21H20N4O3. The molecule has 1 amide bonds. The van der Waals surface area contributed by atoms with E-state index in [1.165, 1.54) is 6.33 Å². The number of anilines is 2. The van der Waals surface area contributed by atoms with Gasteiger partial charge in [-0.3, -0.25) is 4.79 Å². The Kier molecular flexibility index (Phi) is 5.05. The number of ether oxygens (including phenoxy) is 2. The molecule has 1 aliphatic rings. The van der Waals surface area contributed by atoms with Crippen LogP contribution in [0.1, 0.15) is 28.5 Å². The van der Waals surface area contributed by atoms with Crippen LogP contribution in [-0.2, 0) is 13.0 Å². The lowest BCUT2D eigenvalue weighted by Gasteiger charge is -2.10. The predicted octanol–water partition coefficient (Wildman–Crippen LogP) is 3.63. The molecule has 3 aromatic rings. The Bertz CT molecular complexity index is 1010. The molecule has 28 heavy (non-hydrogen) atoms. The number of hydrogen-bond acceptors (Lipinski definition) is 6. The van der Waals surface area contributed by atoms with Gasteiger partial charge in [0.15, 0.2) is 11.5 Å². The quantitative estimate of drug-likeness (QED) is 0.683. The number of carbonyl (C=O) groups is 1. The summed E-state index contributed by atoms with van der Waals surface area (Å²) >= 11 is 0. The maximum Gasteiger partial charge on any atom is 0.274 e. The third-order valence-corrected chi connectivity index (χ3v) is 4.46. The molecule has 142 valence electrons. The van der Waals surface area contributed by atoms with Gasteiger partial charge in [-0.25, -0.2) is 9.97 Å². The number of nitrogens with zero attached hydrogens (tertiary/aromatic N) is 2. The Morgan fingerprint density at radius 3 is 2.82 bits per heavy atom. The van der Waals surface area contributed by atoms with Crippen LogP contribution in [0.4, 0.5) is 11.5 Å². The number of amides is 1. The molecule has 0 spiro atoms. The Morgan fingerprint density at radius 2 is 1.93 bits per heavy atom. The highest BCUT2D eigenvalue weighted by atomic mass is 16.7. The number of fused-ring (bicyclic) bond motifs is 1. The van der Waals surface area contributed by atoms with Crippen LogP contribution < -0.4 is 20.1 Å². The van der Waals surface area contributed by atoms with E-state index in [9.17, 15) is 4.79 Å². The van der Waals surface area contributed by atoms with Gasteiger partial charge in [0.05, 0.1) is 0 Å². The van der Waals surface area contributed by atoms with Gasteiger partial charge in [0.2, 0.25) is 6.79 Å². The average molecular weight is 376 g/mol. The Balaban J connectivity index is 1.43. The standard InChI is InChI=1S/C21H20N4O3/c1-2-15-5-3-4-6-16(15)25-21(26)17-10-20(24-12-23-17)22-11-14-7-8-18-19(9-14)28-13-27-18/h3-10,12H,2,11,13H2,1H3,(H,25,26)(H,22,23,24). The lowest BCUT2D eigenvalue weighted by Crippen LogP contribution is -2.15. The number of hydrogen-bond donors (Lipinski definition) is 2. The van der Waals surface area contributed by atoms with Gasteiger partial charge in [0.25, 0.3) is 5.91 Å². The number of nitrogens with one attached hydrogen (secondary N) is 2. The van der Waals surface area contributed by atoms with Crippen molar-refractivity contribution < 1.29 is 14.3 Å². The number of rotatable bonds is 6. The van der Waals surface area contributed by atoms with Gasteiger partial charge < -0.3 is 20.1 Å². The van der Waals surface area contributed by atoms with Crippen molar-refractivity contribution in [2.24, 2.45) is 0 Å². The molecule has 1 aliphatic heterocycles. The molecule has 7 heteroatoms. The van der Waals surface area contributed by atoms with E-state index in [4.69, 9.17) is 9.47 Å². The molecule has 7 nitrogen and oxygen atoms in total. The van der Waals surface area contributed by atoms with Crippen LogP contribution in [-0.4, -0.2) is 22.7 Å². The molecule has 0 bridgehead atoms. The van der Waals surface area contributed by atoms with E-state index in [0.717, 1.165) is 34.7 Å². The SMILES string of the molecule is CCc1ccccc1NC(=O)c1cc(NCc2ccc3c(c2)OCO3)ncn1. The Morgan fingerprint density at radius 1 is 1.07 bits per heavy atom. The maximum atomic E-state index is 12.6. The maximum absolute atomic E-state index is 12.6. The summed E-state index contributed by atoms with van der Waals surface area (Å²) in [6, 6.07) is 15.1. The second kappa shape index (κ2) is 7.96. The Hall–Kier alpha value is -3.61. The predicted molar refractivity (Wildman–Crippen MR) is 106 cm³/mol. The highest BCUT2D eigenvalue weighted by molar-refractivity contribution is 6.03. The van der Waals surface area contributed by atoms with Gasteiger partial charge in [-0.05, 0) is 35.7 Å². The first-order valence-corrected chi connectivity index (χ1v) is 9.06. The van der Waals surface area contributed by atoms with E-state index in [-0.39, 0.29) is 12.7 Å². The largest absolute Gasteiger partial charge is 0.454 e. The normalized spacial score (nSPS) is 11.9. The highest BCUT2D eigenvalue weighted by Crippen LogP contribution is 2.32. The van der Waals surface area contributed by atoms with E-state index in [0.29, 0.717) is 18.1 Å². The summed E-state index contributed by atoms with van der Waals surface area (Å²) in [5, 5.41) is 6.13. The van der Waals surface area contributed by atoms with Crippen molar-refractivity contribution in [1.82, 2.24) is 9.97 Å². The van der Waals surface area contributed by atoms with Crippen LogP contribution in [0.15, 0.2) is 54.9 Å². The molecule has 0 aliphatic carbocycles. The Labute approximate surface area is 162 Å². The molecular weight excluding hydrogens is 356 g/mol. The van der Waals surface area contributed by atoms with Gasteiger partial charge in [-0.2, -0.15) is 0 Å². The van der Waals surface area contributed by atoms with Crippen molar-refractivity contribution in [3.63, 3.8) is 0 Å². The van der Waals surface area contributed by atoms with E-state index in [2.05, 4.69) is 20.6 Å². The monoisotopic (exact) mass is 376 g/mol. The summed E-state index contributed by atoms with van der Waals surface area (Å²) in [7, 11) is 0. The van der Waals surface area contributed by atoms with Gasteiger partial charge in [-0.15, -0.1) is 0 Å². The van der Waals surface area contributed by atoms with Crippen molar-refractivity contribution in [2.75, 3.05) is 17.4 Å². The minimum absolute atomic E-state index is 0.248. The van der Waals surface area contributed by atoms with Gasteiger partial charge in [0.1, 0.15) is 17.8 Å². The number of aromatic nitrogens is 2. The highest BCUT2D eigenvalue weighted by Gasteiger charge is 2.14. The average Bonchev–Trinajstić information content (AvgIpc) is 3.21. The zero-order chi connectivity index (χ0) is 19.3. The van der Waals surface area contributed by atoms with Gasteiger partial charge in [0, 0.05) is 18.3 Å². The number of benzene rings is 2. The smallest absolute Gasteiger partial charge is 0.274 e. The van der Waals surface area contributed by atoms with Crippen LogP contribution in [0.3, 0.4) is 0 Å². The molecule has 0 radical (unpaired) electrons. The number of para-hydroxylation sites is 1. The van der Waals surface area contributed by atoms with Gasteiger partial charge >= 0.3 is 0 Å². The molecule has 0 atom stereocenters. The van der Waals surface area contributed by atoms with Crippen molar-refractivity contribution >= 4 is 17.4 Å². The fourth-order valence-corrected chi connectivity index (χ4v) is 2.96.